The van der Waals surface area contributed by atoms with Crippen molar-refractivity contribution in [3.63, 3.8) is 0 Å². The average Bonchev–Trinajstić information content (AvgIpc) is 3.04. The van der Waals surface area contributed by atoms with E-state index in [0.29, 0.717) is 0 Å². The maximum absolute atomic E-state index is 5.55. The Morgan fingerprint density at radius 3 is 2.95 bits per heavy atom. The van der Waals surface area contributed by atoms with E-state index in [0.717, 1.165) is 33.8 Å². The van der Waals surface area contributed by atoms with Crippen LogP contribution in [0.1, 0.15) is 0 Å². The van der Waals surface area contributed by atoms with Crippen LogP contribution in [0.25, 0.3) is 10.9 Å². The zero-order valence-corrected chi connectivity index (χ0v) is 12.8. The zero-order chi connectivity index (χ0) is 14.9. The highest BCUT2D eigenvalue weighted by molar-refractivity contribution is 7.98. The van der Waals surface area contributed by atoms with E-state index in [-0.39, 0.29) is 6.79 Å². The minimum atomic E-state index is 0.266. The number of aromatic nitrogens is 1. The van der Waals surface area contributed by atoms with Crippen LogP contribution in [0, 0.1) is 0 Å². The van der Waals surface area contributed by atoms with E-state index >= 15 is 0 Å². The molecule has 0 atom stereocenters. The largest absolute Gasteiger partial charge is 0.454 e. The van der Waals surface area contributed by atoms with Crippen molar-refractivity contribution in [1.29, 1.82) is 0 Å². The number of pyridine rings is 1. The van der Waals surface area contributed by atoms with Crippen LogP contribution in [0.2, 0.25) is 0 Å². The first-order valence-electron chi connectivity index (χ1n) is 6.93. The molecule has 5 heteroatoms. The van der Waals surface area contributed by atoms with Gasteiger partial charge in [-0.3, -0.25) is 4.98 Å². The molecule has 0 fully saturated rings. The van der Waals surface area contributed by atoms with E-state index in [1.54, 1.807) is 11.8 Å². The van der Waals surface area contributed by atoms with Crippen molar-refractivity contribution in [3.8, 4) is 11.5 Å². The van der Waals surface area contributed by atoms with Crippen molar-refractivity contribution in [3.05, 3.63) is 48.7 Å². The fourth-order valence-electron chi connectivity index (χ4n) is 2.54. The van der Waals surface area contributed by atoms with Crippen molar-refractivity contribution >= 4 is 34.0 Å². The number of rotatable bonds is 3. The van der Waals surface area contributed by atoms with Gasteiger partial charge in [-0.2, -0.15) is 0 Å². The lowest BCUT2D eigenvalue weighted by Gasteiger charge is -2.12. The molecule has 0 radical (unpaired) electrons. The minimum Gasteiger partial charge on any atom is -0.454 e. The first-order chi connectivity index (χ1) is 10.8. The second kappa shape index (κ2) is 5.42. The van der Waals surface area contributed by atoms with Gasteiger partial charge < -0.3 is 14.8 Å². The molecule has 2 heterocycles. The minimum absolute atomic E-state index is 0.266. The van der Waals surface area contributed by atoms with Crippen molar-refractivity contribution in [1.82, 2.24) is 4.98 Å². The molecule has 0 aliphatic carbocycles. The van der Waals surface area contributed by atoms with E-state index in [4.69, 9.17) is 9.47 Å². The molecule has 0 bridgehead atoms. The Balaban J connectivity index is 1.80. The third-order valence-corrected chi connectivity index (χ3v) is 4.34. The van der Waals surface area contributed by atoms with Gasteiger partial charge in [-0.05, 0) is 42.7 Å². The standard InChI is InChI=1S/C17H14N2O2S/c1-22-11-5-6-13-12(9-11)14(7-8-18-13)19-15-3-2-4-16-17(15)21-10-20-16/h2-9H,10H2,1H3,(H,18,19). The molecule has 0 saturated carbocycles. The highest BCUT2D eigenvalue weighted by Gasteiger charge is 2.17. The molecule has 1 aliphatic rings. The Morgan fingerprint density at radius 1 is 1.09 bits per heavy atom. The summed E-state index contributed by atoms with van der Waals surface area (Å²) in [7, 11) is 0. The fourth-order valence-corrected chi connectivity index (χ4v) is 2.97. The maximum atomic E-state index is 5.55. The van der Waals surface area contributed by atoms with Gasteiger partial charge in [0.2, 0.25) is 6.79 Å². The van der Waals surface area contributed by atoms with Crippen molar-refractivity contribution in [2.45, 2.75) is 4.90 Å². The summed E-state index contributed by atoms with van der Waals surface area (Å²) in [5, 5.41) is 4.53. The number of nitrogens with zero attached hydrogens (tertiary/aromatic N) is 1. The summed E-state index contributed by atoms with van der Waals surface area (Å²) in [6.07, 6.45) is 3.88. The molecular formula is C17H14N2O2S. The van der Waals surface area contributed by atoms with Gasteiger partial charge in [0.15, 0.2) is 11.5 Å². The van der Waals surface area contributed by atoms with Gasteiger partial charge >= 0.3 is 0 Å². The molecule has 4 rings (SSSR count). The number of anilines is 2. The van der Waals surface area contributed by atoms with Crippen molar-refractivity contribution < 1.29 is 9.47 Å². The summed E-state index contributed by atoms with van der Waals surface area (Å²) in [4.78, 5) is 5.64. The third-order valence-electron chi connectivity index (χ3n) is 3.61. The zero-order valence-electron chi connectivity index (χ0n) is 12.0. The first-order valence-corrected chi connectivity index (χ1v) is 8.16. The molecule has 1 aliphatic heterocycles. The molecule has 22 heavy (non-hydrogen) atoms. The summed E-state index contributed by atoms with van der Waals surface area (Å²) >= 11 is 1.72. The smallest absolute Gasteiger partial charge is 0.231 e. The van der Waals surface area contributed by atoms with Crippen LogP contribution >= 0.6 is 11.8 Å². The van der Waals surface area contributed by atoms with E-state index in [9.17, 15) is 0 Å². The van der Waals surface area contributed by atoms with E-state index < -0.39 is 0 Å². The Kier molecular flexibility index (Phi) is 3.27. The number of thioether (sulfide) groups is 1. The second-order valence-corrected chi connectivity index (χ2v) is 5.79. The van der Waals surface area contributed by atoms with Crippen LogP contribution in [-0.4, -0.2) is 18.0 Å². The third kappa shape index (κ3) is 2.23. The summed E-state index contributed by atoms with van der Waals surface area (Å²) in [6.45, 7) is 0.266. The van der Waals surface area contributed by atoms with Gasteiger partial charge in [-0.15, -0.1) is 11.8 Å². The highest BCUT2D eigenvalue weighted by atomic mass is 32.2. The molecule has 1 aromatic heterocycles. The van der Waals surface area contributed by atoms with E-state index in [2.05, 4.69) is 28.7 Å². The van der Waals surface area contributed by atoms with Crippen molar-refractivity contribution in [2.24, 2.45) is 0 Å². The van der Waals surface area contributed by atoms with Crippen LogP contribution < -0.4 is 14.8 Å². The molecule has 3 aromatic rings. The number of para-hydroxylation sites is 1. The van der Waals surface area contributed by atoms with Gasteiger partial charge in [0.1, 0.15) is 0 Å². The van der Waals surface area contributed by atoms with Crippen LogP contribution in [-0.2, 0) is 0 Å². The van der Waals surface area contributed by atoms with Gasteiger partial charge in [0.05, 0.1) is 11.2 Å². The highest BCUT2D eigenvalue weighted by Crippen LogP contribution is 2.41. The molecule has 2 aromatic carbocycles. The normalized spacial score (nSPS) is 12.6. The molecule has 0 unspecified atom stereocenters. The number of hydrogen-bond donors (Lipinski definition) is 1. The molecule has 110 valence electrons. The quantitative estimate of drug-likeness (QED) is 0.725. The molecule has 0 spiro atoms. The van der Waals surface area contributed by atoms with Gasteiger partial charge in [0.25, 0.3) is 0 Å². The lowest BCUT2D eigenvalue weighted by molar-refractivity contribution is 0.174. The number of benzene rings is 2. The lowest BCUT2D eigenvalue weighted by atomic mass is 10.1. The van der Waals surface area contributed by atoms with Crippen LogP contribution in [0.4, 0.5) is 11.4 Å². The second-order valence-electron chi connectivity index (χ2n) is 4.91. The van der Waals surface area contributed by atoms with Crippen molar-refractivity contribution in [2.75, 3.05) is 18.4 Å². The summed E-state index contributed by atoms with van der Waals surface area (Å²) in [5.74, 6) is 1.53. The Hall–Kier alpha value is -2.40. The predicted molar refractivity (Wildman–Crippen MR) is 89.4 cm³/mol. The number of ether oxygens (including phenoxy) is 2. The molecule has 4 nitrogen and oxygen atoms in total. The van der Waals surface area contributed by atoms with Crippen LogP contribution in [0.3, 0.4) is 0 Å². The monoisotopic (exact) mass is 310 g/mol. The maximum Gasteiger partial charge on any atom is 0.231 e. The first kappa shape index (κ1) is 13.3. The lowest BCUT2D eigenvalue weighted by Crippen LogP contribution is -1.96. The van der Waals surface area contributed by atoms with Gasteiger partial charge in [-0.1, -0.05) is 6.07 Å². The fraction of sp³-hybridized carbons (Fsp3) is 0.118. The Morgan fingerprint density at radius 2 is 2.05 bits per heavy atom. The predicted octanol–water partition coefficient (Wildman–Crippen LogP) is 4.43. The van der Waals surface area contributed by atoms with E-state index in [1.807, 2.05) is 36.5 Å². The Bertz CT molecular complexity index is 851. The number of hydrogen-bond acceptors (Lipinski definition) is 5. The Labute approximate surface area is 132 Å². The average molecular weight is 310 g/mol. The summed E-state index contributed by atoms with van der Waals surface area (Å²) < 4.78 is 11.0. The van der Waals surface area contributed by atoms with Gasteiger partial charge in [-0.25, -0.2) is 0 Å². The number of fused-ring (bicyclic) bond motifs is 2. The molecule has 0 amide bonds. The SMILES string of the molecule is CSc1ccc2nccc(Nc3cccc4c3OCO4)c2c1. The van der Waals surface area contributed by atoms with Crippen LogP contribution in [0.5, 0.6) is 11.5 Å². The molecule has 0 saturated heterocycles. The topological polar surface area (TPSA) is 43.4 Å². The van der Waals surface area contributed by atoms with Gasteiger partial charge in [0, 0.05) is 22.2 Å². The molecular weight excluding hydrogens is 296 g/mol. The summed E-state index contributed by atoms with van der Waals surface area (Å²) in [5.41, 5.74) is 2.87. The van der Waals surface area contributed by atoms with Crippen LogP contribution in [0.15, 0.2) is 53.6 Å². The summed E-state index contributed by atoms with van der Waals surface area (Å²) in [6, 6.07) is 14.1. The van der Waals surface area contributed by atoms with E-state index in [1.165, 1.54) is 4.90 Å². The molecule has 1 N–H and O–H groups in total. The number of nitrogens with one attached hydrogen (secondary N) is 1.